The molecule has 7 nitrogen and oxygen atoms in total. The first-order valence-corrected chi connectivity index (χ1v) is 10.5. The summed E-state index contributed by atoms with van der Waals surface area (Å²) in [7, 11) is 0. The number of benzene rings is 1. The largest absolute Gasteiger partial charge is 0.379 e. The summed E-state index contributed by atoms with van der Waals surface area (Å²) < 4.78 is 5.47. The van der Waals surface area contributed by atoms with Crippen molar-refractivity contribution in [1.82, 2.24) is 15.1 Å². The van der Waals surface area contributed by atoms with Crippen molar-refractivity contribution in [2.75, 3.05) is 57.7 Å². The van der Waals surface area contributed by atoms with E-state index in [9.17, 15) is 9.59 Å². The molecule has 0 aromatic heterocycles. The second-order valence-electron chi connectivity index (χ2n) is 7.99. The van der Waals surface area contributed by atoms with Crippen LogP contribution in [0, 0.1) is 13.8 Å². The molecule has 0 radical (unpaired) electrons. The number of rotatable bonds is 10. The van der Waals surface area contributed by atoms with E-state index in [0.29, 0.717) is 26.2 Å². The van der Waals surface area contributed by atoms with Gasteiger partial charge >= 0.3 is 0 Å². The number of carbonyl (C=O) groups is 2. The number of nitrogens with zero attached hydrogens (tertiary/aromatic N) is 2. The number of piperazine rings is 1. The molecule has 1 saturated heterocycles. The van der Waals surface area contributed by atoms with E-state index in [1.54, 1.807) is 0 Å². The summed E-state index contributed by atoms with van der Waals surface area (Å²) in [5, 5.41) is 5.99. The highest BCUT2D eigenvalue weighted by Gasteiger charge is 2.21. The van der Waals surface area contributed by atoms with Crippen molar-refractivity contribution in [3.05, 3.63) is 29.3 Å². The number of carbonyl (C=O) groups excluding carboxylic acids is 2. The van der Waals surface area contributed by atoms with Crippen LogP contribution in [0.4, 0.5) is 5.69 Å². The molecular formula is C22H36N4O3. The Kier molecular flexibility index (Phi) is 9.57. The smallest absolute Gasteiger partial charge is 0.238 e. The molecule has 0 aliphatic carbocycles. The van der Waals surface area contributed by atoms with Crippen LogP contribution in [0.25, 0.3) is 0 Å². The molecule has 2 rings (SSSR count). The predicted molar refractivity (Wildman–Crippen MR) is 116 cm³/mol. The van der Waals surface area contributed by atoms with Gasteiger partial charge in [0.2, 0.25) is 11.8 Å². The van der Waals surface area contributed by atoms with Gasteiger partial charge in [0.05, 0.1) is 19.2 Å². The summed E-state index contributed by atoms with van der Waals surface area (Å²) in [6.07, 6.45) is 1.05. The minimum Gasteiger partial charge on any atom is -0.379 e. The van der Waals surface area contributed by atoms with Gasteiger partial charge in [-0.1, -0.05) is 18.2 Å². The molecule has 0 saturated carbocycles. The van der Waals surface area contributed by atoms with Gasteiger partial charge in [-0.15, -0.1) is 0 Å². The van der Waals surface area contributed by atoms with E-state index >= 15 is 0 Å². The van der Waals surface area contributed by atoms with Crippen LogP contribution in [0.2, 0.25) is 0 Å². The highest BCUT2D eigenvalue weighted by molar-refractivity contribution is 5.93. The fourth-order valence-electron chi connectivity index (χ4n) is 3.38. The lowest BCUT2D eigenvalue weighted by Crippen LogP contribution is -2.51. The molecule has 0 unspecified atom stereocenters. The molecule has 2 amide bonds. The Morgan fingerprint density at radius 3 is 2.10 bits per heavy atom. The topological polar surface area (TPSA) is 73.9 Å². The van der Waals surface area contributed by atoms with Crippen molar-refractivity contribution < 1.29 is 14.3 Å². The first-order valence-electron chi connectivity index (χ1n) is 10.5. The highest BCUT2D eigenvalue weighted by atomic mass is 16.5. The van der Waals surface area contributed by atoms with Gasteiger partial charge in [0.1, 0.15) is 0 Å². The number of anilines is 1. The Hall–Kier alpha value is -1.96. The molecule has 0 spiro atoms. The molecule has 7 heteroatoms. The van der Waals surface area contributed by atoms with E-state index in [0.717, 1.165) is 49.4 Å². The summed E-state index contributed by atoms with van der Waals surface area (Å²) in [6.45, 7) is 13.3. The van der Waals surface area contributed by atoms with Crippen LogP contribution in [0.3, 0.4) is 0 Å². The summed E-state index contributed by atoms with van der Waals surface area (Å²) in [5.41, 5.74) is 3.06. The Morgan fingerprint density at radius 2 is 1.55 bits per heavy atom. The quantitative estimate of drug-likeness (QED) is 0.582. The summed E-state index contributed by atoms with van der Waals surface area (Å²) in [6, 6.07) is 6.00. The van der Waals surface area contributed by atoms with E-state index < -0.39 is 0 Å². The van der Waals surface area contributed by atoms with Crippen LogP contribution in [0.15, 0.2) is 18.2 Å². The molecule has 162 valence electrons. The maximum atomic E-state index is 12.4. The third-order valence-corrected chi connectivity index (χ3v) is 5.04. The fraction of sp³-hybridized carbons (Fsp3) is 0.636. The number of aryl methyl sites for hydroxylation is 2. The van der Waals surface area contributed by atoms with Crippen molar-refractivity contribution in [2.45, 2.75) is 40.2 Å². The third kappa shape index (κ3) is 8.51. The second-order valence-corrected chi connectivity index (χ2v) is 7.99. The van der Waals surface area contributed by atoms with Crippen molar-refractivity contribution in [3.8, 4) is 0 Å². The Labute approximate surface area is 174 Å². The number of nitrogens with one attached hydrogen (secondary N) is 2. The van der Waals surface area contributed by atoms with Gasteiger partial charge < -0.3 is 15.4 Å². The Morgan fingerprint density at radius 1 is 1.00 bits per heavy atom. The normalized spacial score (nSPS) is 15.5. The van der Waals surface area contributed by atoms with Crippen LogP contribution in [-0.2, 0) is 14.3 Å². The zero-order chi connectivity index (χ0) is 21.2. The van der Waals surface area contributed by atoms with Gasteiger partial charge in [-0.3, -0.25) is 19.4 Å². The van der Waals surface area contributed by atoms with Gasteiger partial charge in [0, 0.05) is 45.0 Å². The van der Waals surface area contributed by atoms with Gasteiger partial charge in [0.25, 0.3) is 0 Å². The van der Waals surface area contributed by atoms with E-state index in [1.165, 1.54) is 0 Å². The molecule has 1 aliphatic heterocycles. The van der Waals surface area contributed by atoms with Crippen LogP contribution in [0.5, 0.6) is 0 Å². The molecule has 1 aromatic rings. The molecule has 1 heterocycles. The maximum absolute atomic E-state index is 12.4. The zero-order valence-corrected chi connectivity index (χ0v) is 18.3. The number of amides is 2. The standard InChI is InChI=1S/C22H36N4O3/c1-17(2)29-14-6-9-23-20(27)15-25-10-12-26(13-11-25)16-21(28)24-22-18(3)7-5-8-19(22)4/h5,7-8,17H,6,9-16H2,1-4H3,(H,23,27)(H,24,28). The number of para-hydroxylation sites is 1. The number of ether oxygens (including phenoxy) is 1. The van der Waals surface area contributed by atoms with E-state index in [4.69, 9.17) is 4.74 Å². The molecule has 0 atom stereocenters. The van der Waals surface area contributed by atoms with Crippen LogP contribution in [0.1, 0.15) is 31.4 Å². The SMILES string of the molecule is Cc1cccc(C)c1NC(=O)CN1CCN(CC(=O)NCCCOC(C)C)CC1. The van der Waals surface area contributed by atoms with Gasteiger partial charge in [-0.25, -0.2) is 0 Å². The zero-order valence-electron chi connectivity index (χ0n) is 18.3. The Balaban J connectivity index is 1.63. The van der Waals surface area contributed by atoms with Crippen molar-refractivity contribution in [2.24, 2.45) is 0 Å². The Bertz CT molecular complexity index is 650. The van der Waals surface area contributed by atoms with Crippen LogP contribution < -0.4 is 10.6 Å². The fourth-order valence-corrected chi connectivity index (χ4v) is 3.38. The number of hydrogen-bond acceptors (Lipinski definition) is 5. The van der Waals surface area contributed by atoms with Gasteiger partial charge in [-0.2, -0.15) is 0 Å². The molecule has 1 aliphatic rings. The lowest BCUT2D eigenvalue weighted by molar-refractivity contribution is -0.123. The predicted octanol–water partition coefficient (Wildman–Crippen LogP) is 1.79. The van der Waals surface area contributed by atoms with E-state index in [-0.39, 0.29) is 17.9 Å². The molecular weight excluding hydrogens is 368 g/mol. The van der Waals surface area contributed by atoms with Crippen LogP contribution in [-0.4, -0.2) is 80.1 Å². The molecule has 1 aromatic carbocycles. The van der Waals surface area contributed by atoms with Crippen molar-refractivity contribution in [3.63, 3.8) is 0 Å². The maximum Gasteiger partial charge on any atom is 0.238 e. The summed E-state index contributed by atoms with van der Waals surface area (Å²) >= 11 is 0. The van der Waals surface area contributed by atoms with E-state index in [1.807, 2.05) is 45.9 Å². The molecule has 0 bridgehead atoms. The monoisotopic (exact) mass is 404 g/mol. The molecule has 2 N–H and O–H groups in total. The lowest BCUT2D eigenvalue weighted by Gasteiger charge is -2.33. The second kappa shape index (κ2) is 11.9. The minimum atomic E-state index is 0.0113. The van der Waals surface area contributed by atoms with Gasteiger partial charge in [-0.05, 0) is 45.2 Å². The number of hydrogen-bond donors (Lipinski definition) is 2. The van der Waals surface area contributed by atoms with Crippen molar-refractivity contribution in [1.29, 1.82) is 0 Å². The summed E-state index contributed by atoms with van der Waals surface area (Å²) in [5.74, 6) is 0.0629. The third-order valence-electron chi connectivity index (χ3n) is 5.04. The average Bonchev–Trinajstić information content (AvgIpc) is 2.66. The lowest BCUT2D eigenvalue weighted by atomic mass is 10.1. The first kappa shape index (κ1) is 23.3. The molecule has 1 fully saturated rings. The molecule has 29 heavy (non-hydrogen) atoms. The highest BCUT2D eigenvalue weighted by Crippen LogP contribution is 2.19. The van der Waals surface area contributed by atoms with Gasteiger partial charge in [0.15, 0.2) is 0 Å². The minimum absolute atomic E-state index is 0.0113. The summed E-state index contributed by atoms with van der Waals surface area (Å²) in [4.78, 5) is 28.8. The van der Waals surface area contributed by atoms with Crippen LogP contribution >= 0.6 is 0 Å². The average molecular weight is 405 g/mol. The van der Waals surface area contributed by atoms with Crippen molar-refractivity contribution >= 4 is 17.5 Å². The first-order chi connectivity index (χ1) is 13.8. The van der Waals surface area contributed by atoms with E-state index in [2.05, 4.69) is 20.4 Å².